The summed E-state index contributed by atoms with van der Waals surface area (Å²) in [4.78, 5) is 16.4. The van der Waals surface area contributed by atoms with Crippen molar-refractivity contribution in [2.45, 2.75) is 39.2 Å². The van der Waals surface area contributed by atoms with E-state index in [1.807, 2.05) is 36.6 Å². The van der Waals surface area contributed by atoms with Gasteiger partial charge in [-0.1, -0.05) is 32.9 Å². The minimum absolute atomic E-state index is 0.0194. The highest BCUT2D eigenvalue weighted by Gasteiger charge is 2.18. The van der Waals surface area contributed by atoms with Crippen molar-refractivity contribution in [3.05, 3.63) is 40.9 Å². The lowest BCUT2D eigenvalue weighted by Gasteiger charge is -2.14. The van der Waals surface area contributed by atoms with Crippen molar-refractivity contribution < 1.29 is 4.79 Å². The van der Waals surface area contributed by atoms with Crippen molar-refractivity contribution >= 4 is 28.2 Å². The lowest BCUT2D eigenvalue weighted by Crippen LogP contribution is -2.20. The molecule has 118 valence electrons. The summed E-state index contributed by atoms with van der Waals surface area (Å²) in [7, 11) is 0. The molecule has 4 N–H and O–H groups in total. The van der Waals surface area contributed by atoms with Crippen LogP contribution in [0, 0.1) is 0 Å². The lowest BCUT2D eigenvalue weighted by molar-refractivity contribution is 0.262. The molecule has 1 heterocycles. The van der Waals surface area contributed by atoms with Crippen molar-refractivity contribution in [2.24, 2.45) is 5.73 Å². The second-order valence-corrected chi connectivity index (χ2v) is 7.14. The van der Waals surface area contributed by atoms with Gasteiger partial charge < -0.3 is 11.1 Å². The van der Waals surface area contributed by atoms with Gasteiger partial charge in [0, 0.05) is 22.5 Å². The standard InChI is InChI=1S/C16H22N4OS/c1-10(17)11-5-7-12(8-6-11)18-14(21)20-15-19-13(9-22-15)16(2,3)4/h5-10H,17H2,1-4H3,(H2,18,19,20,21). The van der Waals surface area contributed by atoms with Crippen molar-refractivity contribution in [1.82, 2.24) is 4.98 Å². The van der Waals surface area contributed by atoms with E-state index >= 15 is 0 Å². The second-order valence-electron chi connectivity index (χ2n) is 6.28. The molecule has 2 aromatic rings. The Bertz CT molecular complexity index is 641. The fraction of sp³-hybridized carbons (Fsp3) is 0.375. The number of amides is 2. The van der Waals surface area contributed by atoms with Crippen LogP contribution in [0.5, 0.6) is 0 Å². The van der Waals surface area contributed by atoms with E-state index in [-0.39, 0.29) is 17.5 Å². The molecular formula is C16H22N4OS. The Morgan fingerprint density at radius 2 is 1.86 bits per heavy atom. The average molecular weight is 318 g/mol. The highest BCUT2D eigenvalue weighted by atomic mass is 32.1. The topological polar surface area (TPSA) is 80.0 Å². The molecule has 2 rings (SSSR count). The molecule has 0 fully saturated rings. The molecule has 0 aliphatic heterocycles. The van der Waals surface area contributed by atoms with E-state index in [9.17, 15) is 4.79 Å². The van der Waals surface area contributed by atoms with Crippen LogP contribution in [0.25, 0.3) is 0 Å². The second kappa shape index (κ2) is 6.46. The number of hydrogen-bond donors (Lipinski definition) is 3. The van der Waals surface area contributed by atoms with Crippen LogP contribution in [0.3, 0.4) is 0 Å². The molecule has 0 spiro atoms. The van der Waals surface area contributed by atoms with Crippen LogP contribution in [0.2, 0.25) is 0 Å². The number of nitrogens with zero attached hydrogens (tertiary/aromatic N) is 1. The molecular weight excluding hydrogens is 296 g/mol. The number of urea groups is 1. The third-order valence-electron chi connectivity index (χ3n) is 3.19. The Morgan fingerprint density at radius 3 is 2.36 bits per heavy atom. The van der Waals surface area contributed by atoms with Crippen molar-refractivity contribution in [1.29, 1.82) is 0 Å². The SMILES string of the molecule is CC(N)c1ccc(NC(=O)Nc2nc(C(C)(C)C)cs2)cc1. The summed E-state index contributed by atoms with van der Waals surface area (Å²) in [5, 5.41) is 8.09. The number of thiazole rings is 1. The first kappa shape index (κ1) is 16.5. The first-order chi connectivity index (χ1) is 10.3. The van der Waals surface area contributed by atoms with Crippen LogP contribution in [-0.4, -0.2) is 11.0 Å². The molecule has 1 atom stereocenters. The van der Waals surface area contributed by atoms with Gasteiger partial charge in [-0.05, 0) is 24.6 Å². The van der Waals surface area contributed by atoms with Gasteiger partial charge in [0.05, 0.1) is 5.69 Å². The molecule has 1 aromatic heterocycles. The number of hydrogen-bond acceptors (Lipinski definition) is 4. The largest absolute Gasteiger partial charge is 0.325 e. The highest BCUT2D eigenvalue weighted by molar-refractivity contribution is 7.14. The maximum atomic E-state index is 12.0. The summed E-state index contributed by atoms with van der Waals surface area (Å²) < 4.78 is 0. The zero-order chi connectivity index (χ0) is 16.3. The third kappa shape index (κ3) is 4.29. The van der Waals surface area contributed by atoms with Gasteiger partial charge in [0.1, 0.15) is 0 Å². The number of carbonyl (C=O) groups is 1. The van der Waals surface area contributed by atoms with Crippen LogP contribution < -0.4 is 16.4 Å². The summed E-state index contributed by atoms with van der Waals surface area (Å²) in [6.45, 7) is 8.19. The minimum Gasteiger partial charge on any atom is -0.324 e. The quantitative estimate of drug-likeness (QED) is 0.797. The molecule has 0 aliphatic rings. The van der Waals surface area contributed by atoms with E-state index < -0.39 is 0 Å². The fourth-order valence-electron chi connectivity index (χ4n) is 1.81. The Hall–Kier alpha value is -1.92. The number of anilines is 2. The molecule has 1 unspecified atom stereocenters. The van der Waals surface area contributed by atoms with Gasteiger partial charge in [-0.3, -0.25) is 5.32 Å². The predicted octanol–water partition coefficient (Wildman–Crippen LogP) is 4.10. The smallest absolute Gasteiger partial charge is 0.324 e. The van der Waals surface area contributed by atoms with Gasteiger partial charge in [0.2, 0.25) is 0 Å². The van der Waals surface area contributed by atoms with Gasteiger partial charge in [-0.15, -0.1) is 11.3 Å². The molecule has 0 radical (unpaired) electrons. The zero-order valence-corrected chi connectivity index (χ0v) is 14.1. The van der Waals surface area contributed by atoms with Gasteiger partial charge >= 0.3 is 6.03 Å². The first-order valence-electron chi connectivity index (χ1n) is 7.15. The fourth-order valence-corrected chi connectivity index (χ4v) is 2.74. The maximum Gasteiger partial charge on any atom is 0.325 e. The Labute approximate surface area is 135 Å². The van der Waals surface area contributed by atoms with Crippen LogP contribution in [0.15, 0.2) is 29.6 Å². The normalized spacial score (nSPS) is 12.8. The number of nitrogens with one attached hydrogen (secondary N) is 2. The van der Waals surface area contributed by atoms with Crippen molar-refractivity contribution in [3.8, 4) is 0 Å². The van der Waals surface area contributed by atoms with Gasteiger partial charge in [-0.25, -0.2) is 9.78 Å². The van der Waals surface area contributed by atoms with E-state index in [2.05, 4.69) is 36.4 Å². The van der Waals surface area contributed by atoms with Crippen LogP contribution in [-0.2, 0) is 5.41 Å². The minimum atomic E-state index is -0.302. The Morgan fingerprint density at radius 1 is 1.23 bits per heavy atom. The lowest BCUT2D eigenvalue weighted by atomic mass is 9.93. The maximum absolute atomic E-state index is 12.0. The van der Waals surface area contributed by atoms with E-state index in [4.69, 9.17) is 5.73 Å². The predicted molar refractivity (Wildman–Crippen MR) is 92.5 cm³/mol. The molecule has 0 saturated heterocycles. The summed E-state index contributed by atoms with van der Waals surface area (Å²) in [5.41, 5.74) is 8.48. The number of benzene rings is 1. The summed E-state index contributed by atoms with van der Waals surface area (Å²) >= 11 is 1.42. The molecule has 0 bridgehead atoms. The zero-order valence-electron chi connectivity index (χ0n) is 13.3. The van der Waals surface area contributed by atoms with Crippen molar-refractivity contribution in [3.63, 3.8) is 0 Å². The number of rotatable bonds is 3. The molecule has 2 amide bonds. The number of aromatic nitrogens is 1. The molecule has 0 aliphatic carbocycles. The molecule has 5 nitrogen and oxygen atoms in total. The van der Waals surface area contributed by atoms with E-state index in [1.54, 1.807) is 0 Å². The summed E-state index contributed by atoms with van der Waals surface area (Å²) in [5.74, 6) is 0. The highest BCUT2D eigenvalue weighted by Crippen LogP contribution is 2.26. The van der Waals surface area contributed by atoms with Crippen molar-refractivity contribution in [2.75, 3.05) is 10.6 Å². The Kier molecular flexibility index (Phi) is 4.83. The molecule has 1 aromatic carbocycles. The summed E-state index contributed by atoms with van der Waals surface area (Å²) in [6.07, 6.45) is 0. The molecule has 22 heavy (non-hydrogen) atoms. The number of carbonyl (C=O) groups excluding carboxylic acids is 1. The Balaban J connectivity index is 1.96. The first-order valence-corrected chi connectivity index (χ1v) is 8.03. The van der Waals surface area contributed by atoms with E-state index in [0.29, 0.717) is 5.13 Å². The van der Waals surface area contributed by atoms with E-state index in [1.165, 1.54) is 11.3 Å². The van der Waals surface area contributed by atoms with E-state index in [0.717, 1.165) is 16.9 Å². The third-order valence-corrected chi connectivity index (χ3v) is 3.95. The van der Waals surface area contributed by atoms with Gasteiger partial charge in [-0.2, -0.15) is 0 Å². The molecule has 0 saturated carbocycles. The molecule has 6 heteroatoms. The van der Waals surface area contributed by atoms with Gasteiger partial charge in [0.15, 0.2) is 5.13 Å². The van der Waals surface area contributed by atoms with Crippen LogP contribution in [0.4, 0.5) is 15.6 Å². The van der Waals surface area contributed by atoms with Crippen LogP contribution in [0.1, 0.15) is 45.0 Å². The summed E-state index contributed by atoms with van der Waals surface area (Å²) in [6, 6.07) is 7.15. The van der Waals surface area contributed by atoms with Crippen LogP contribution >= 0.6 is 11.3 Å². The average Bonchev–Trinajstić information content (AvgIpc) is 2.87. The number of nitrogens with two attached hydrogens (primary N) is 1. The monoisotopic (exact) mass is 318 g/mol. The van der Waals surface area contributed by atoms with Gasteiger partial charge in [0.25, 0.3) is 0 Å².